The highest BCUT2D eigenvalue weighted by Gasteiger charge is 2.15. The summed E-state index contributed by atoms with van der Waals surface area (Å²) in [6.45, 7) is 1.69. The first-order chi connectivity index (χ1) is 10.1. The molecule has 0 fully saturated rings. The van der Waals surface area contributed by atoms with E-state index in [4.69, 9.17) is 0 Å². The number of aromatic nitrogens is 2. The Morgan fingerprint density at radius 2 is 2.00 bits per heavy atom. The third kappa shape index (κ3) is 3.98. The standard InChI is InChI=1S/C15H21N3O2S/c1-3-21(19,20)11-5-8-13(16-2)12-6-4-7-14-15(12)18-10-9-17-14/h4,6-7,9-10,13,16H,3,5,8,11H2,1-2H3. The summed E-state index contributed by atoms with van der Waals surface area (Å²) in [7, 11) is -1.02. The highest BCUT2D eigenvalue weighted by molar-refractivity contribution is 7.91. The fourth-order valence-electron chi connectivity index (χ4n) is 2.40. The number of fused-ring (bicyclic) bond motifs is 1. The molecule has 5 nitrogen and oxygen atoms in total. The number of nitrogens with one attached hydrogen (secondary N) is 1. The van der Waals surface area contributed by atoms with Gasteiger partial charge in [-0.15, -0.1) is 0 Å². The number of benzene rings is 1. The van der Waals surface area contributed by atoms with Crippen molar-refractivity contribution in [1.82, 2.24) is 15.3 Å². The van der Waals surface area contributed by atoms with Crippen LogP contribution in [0.15, 0.2) is 30.6 Å². The molecule has 1 unspecified atom stereocenters. The van der Waals surface area contributed by atoms with Gasteiger partial charge in [0.05, 0.1) is 16.8 Å². The van der Waals surface area contributed by atoms with Crippen LogP contribution in [-0.4, -0.2) is 36.9 Å². The molecule has 0 saturated carbocycles. The Balaban J connectivity index is 2.16. The van der Waals surface area contributed by atoms with Crippen LogP contribution in [0.3, 0.4) is 0 Å². The van der Waals surface area contributed by atoms with Crippen molar-refractivity contribution in [3.63, 3.8) is 0 Å². The van der Waals surface area contributed by atoms with Crippen molar-refractivity contribution in [2.24, 2.45) is 0 Å². The molecule has 1 N–H and O–H groups in total. The molecule has 0 bridgehead atoms. The summed E-state index contributed by atoms with van der Waals surface area (Å²) < 4.78 is 23.2. The second kappa shape index (κ2) is 6.95. The van der Waals surface area contributed by atoms with Gasteiger partial charge in [0.15, 0.2) is 0 Å². The molecule has 2 rings (SSSR count). The van der Waals surface area contributed by atoms with E-state index in [2.05, 4.69) is 15.3 Å². The second-order valence-electron chi connectivity index (χ2n) is 4.99. The second-order valence-corrected chi connectivity index (χ2v) is 7.46. The zero-order valence-electron chi connectivity index (χ0n) is 12.4. The van der Waals surface area contributed by atoms with Crippen LogP contribution in [0, 0.1) is 0 Å². The molecule has 0 saturated heterocycles. The summed E-state index contributed by atoms with van der Waals surface area (Å²) in [4.78, 5) is 8.71. The zero-order valence-corrected chi connectivity index (χ0v) is 13.2. The van der Waals surface area contributed by atoms with Gasteiger partial charge >= 0.3 is 0 Å². The third-order valence-electron chi connectivity index (χ3n) is 3.64. The number of nitrogens with zero attached hydrogens (tertiary/aromatic N) is 2. The molecule has 21 heavy (non-hydrogen) atoms. The lowest BCUT2D eigenvalue weighted by Gasteiger charge is -2.17. The first-order valence-electron chi connectivity index (χ1n) is 7.14. The lowest BCUT2D eigenvalue weighted by molar-refractivity contribution is 0.537. The van der Waals surface area contributed by atoms with Crippen LogP contribution in [0.4, 0.5) is 0 Å². The van der Waals surface area contributed by atoms with E-state index in [0.29, 0.717) is 6.42 Å². The highest BCUT2D eigenvalue weighted by atomic mass is 32.2. The maximum atomic E-state index is 11.6. The Morgan fingerprint density at radius 3 is 2.71 bits per heavy atom. The van der Waals surface area contributed by atoms with Crippen LogP contribution < -0.4 is 5.32 Å². The highest BCUT2D eigenvalue weighted by Crippen LogP contribution is 2.24. The van der Waals surface area contributed by atoms with Gasteiger partial charge in [-0.25, -0.2) is 8.42 Å². The van der Waals surface area contributed by atoms with Gasteiger partial charge in [-0.2, -0.15) is 0 Å². The number of hydrogen-bond donors (Lipinski definition) is 1. The van der Waals surface area contributed by atoms with Crippen molar-refractivity contribution in [3.05, 3.63) is 36.2 Å². The lowest BCUT2D eigenvalue weighted by Crippen LogP contribution is -2.19. The average molecular weight is 307 g/mol. The van der Waals surface area contributed by atoms with Crippen molar-refractivity contribution in [1.29, 1.82) is 0 Å². The maximum absolute atomic E-state index is 11.6. The lowest BCUT2D eigenvalue weighted by atomic mass is 10.0. The Bertz CT molecular complexity index is 696. The minimum Gasteiger partial charge on any atom is -0.313 e. The van der Waals surface area contributed by atoms with Gasteiger partial charge < -0.3 is 5.32 Å². The summed E-state index contributed by atoms with van der Waals surface area (Å²) in [5.74, 6) is 0.440. The van der Waals surface area contributed by atoms with Crippen LogP contribution in [-0.2, 0) is 9.84 Å². The molecule has 114 valence electrons. The third-order valence-corrected chi connectivity index (χ3v) is 5.43. The minimum atomic E-state index is -2.90. The fourth-order valence-corrected chi connectivity index (χ4v) is 3.30. The normalized spacial score (nSPS) is 13.4. The first kappa shape index (κ1) is 15.9. The van der Waals surface area contributed by atoms with Crippen molar-refractivity contribution in [3.8, 4) is 0 Å². The van der Waals surface area contributed by atoms with E-state index in [-0.39, 0.29) is 17.5 Å². The van der Waals surface area contributed by atoms with E-state index < -0.39 is 9.84 Å². The summed E-state index contributed by atoms with van der Waals surface area (Å²) in [5, 5.41) is 3.25. The van der Waals surface area contributed by atoms with E-state index in [0.717, 1.165) is 23.0 Å². The molecule has 1 atom stereocenters. The average Bonchev–Trinajstić information content (AvgIpc) is 2.51. The Kier molecular flexibility index (Phi) is 5.25. The molecule has 0 amide bonds. The van der Waals surface area contributed by atoms with E-state index in [9.17, 15) is 8.42 Å². The molecule has 1 aromatic heterocycles. The molecule has 0 radical (unpaired) electrons. The van der Waals surface area contributed by atoms with Gasteiger partial charge in [0, 0.05) is 24.2 Å². The Labute approximate surface area is 125 Å². The number of rotatable bonds is 7. The summed E-state index contributed by atoms with van der Waals surface area (Å²) >= 11 is 0. The van der Waals surface area contributed by atoms with Crippen LogP contribution >= 0.6 is 0 Å². The van der Waals surface area contributed by atoms with Crippen LogP contribution in [0.5, 0.6) is 0 Å². The van der Waals surface area contributed by atoms with Gasteiger partial charge in [0.25, 0.3) is 0 Å². The molecule has 0 spiro atoms. The zero-order chi connectivity index (χ0) is 15.3. The van der Waals surface area contributed by atoms with Crippen LogP contribution in [0.1, 0.15) is 31.4 Å². The SMILES string of the molecule is CCS(=O)(=O)CCCC(NC)c1cccc2nccnc12. The largest absolute Gasteiger partial charge is 0.313 e. The maximum Gasteiger partial charge on any atom is 0.150 e. The predicted octanol–water partition coefficient (Wildman–Crippen LogP) is 2.11. The Morgan fingerprint density at radius 1 is 1.24 bits per heavy atom. The molecular weight excluding hydrogens is 286 g/mol. The molecule has 0 aliphatic rings. The quantitative estimate of drug-likeness (QED) is 0.848. The topological polar surface area (TPSA) is 72.0 Å². The molecule has 0 aliphatic heterocycles. The van der Waals surface area contributed by atoms with E-state index in [1.807, 2.05) is 25.2 Å². The van der Waals surface area contributed by atoms with E-state index >= 15 is 0 Å². The van der Waals surface area contributed by atoms with Crippen molar-refractivity contribution in [2.75, 3.05) is 18.6 Å². The summed E-state index contributed by atoms with van der Waals surface area (Å²) in [6.07, 6.45) is 4.75. The van der Waals surface area contributed by atoms with Crippen molar-refractivity contribution in [2.45, 2.75) is 25.8 Å². The number of hydrogen-bond acceptors (Lipinski definition) is 5. The monoisotopic (exact) mass is 307 g/mol. The van der Waals surface area contributed by atoms with Crippen molar-refractivity contribution < 1.29 is 8.42 Å². The predicted molar refractivity (Wildman–Crippen MR) is 84.9 cm³/mol. The summed E-state index contributed by atoms with van der Waals surface area (Å²) in [5.41, 5.74) is 2.80. The molecule has 1 aromatic carbocycles. The van der Waals surface area contributed by atoms with E-state index in [1.165, 1.54) is 0 Å². The molecule has 1 heterocycles. The van der Waals surface area contributed by atoms with Crippen LogP contribution in [0.2, 0.25) is 0 Å². The molecule has 2 aromatic rings. The molecule has 6 heteroatoms. The van der Waals surface area contributed by atoms with Gasteiger partial charge in [-0.3, -0.25) is 9.97 Å². The van der Waals surface area contributed by atoms with Crippen molar-refractivity contribution >= 4 is 20.9 Å². The smallest absolute Gasteiger partial charge is 0.150 e. The number of sulfone groups is 1. The fraction of sp³-hybridized carbons (Fsp3) is 0.467. The van der Waals surface area contributed by atoms with Gasteiger partial charge in [-0.05, 0) is 31.5 Å². The van der Waals surface area contributed by atoms with E-state index in [1.54, 1.807) is 19.3 Å². The Hall–Kier alpha value is -1.53. The summed E-state index contributed by atoms with van der Waals surface area (Å²) in [6, 6.07) is 5.99. The molecule has 0 aliphatic carbocycles. The van der Waals surface area contributed by atoms with Gasteiger partial charge in [0.2, 0.25) is 0 Å². The van der Waals surface area contributed by atoms with Gasteiger partial charge in [-0.1, -0.05) is 19.1 Å². The number of para-hydroxylation sites is 1. The minimum absolute atomic E-state index is 0.0810. The first-order valence-corrected chi connectivity index (χ1v) is 8.97. The van der Waals surface area contributed by atoms with Crippen LogP contribution in [0.25, 0.3) is 11.0 Å². The molecular formula is C15H21N3O2S. The van der Waals surface area contributed by atoms with Gasteiger partial charge in [0.1, 0.15) is 9.84 Å².